The molecule has 21 N–H and O–H groups in total. The first kappa shape index (κ1) is 82.2. The molecule has 2 saturated heterocycles. The van der Waals surface area contributed by atoms with Gasteiger partial charge in [-0.2, -0.15) is 0 Å². The highest BCUT2D eigenvalue weighted by molar-refractivity contribution is 6.01. The fourth-order valence-corrected chi connectivity index (χ4v) is 10.9. The molecule has 2 fully saturated rings. The van der Waals surface area contributed by atoms with Gasteiger partial charge in [-0.15, -0.1) is 0 Å². The van der Waals surface area contributed by atoms with Crippen LogP contribution in [0.25, 0.3) is 0 Å². The van der Waals surface area contributed by atoms with Crippen LogP contribution in [0, 0.1) is 17.8 Å². The van der Waals surface area contributed by atoms with Gasteiger partial charge in [0, 0.05) is 49.7 Å². The minimum Gasteiger partial charge on any atom is -0.481 e. The van der Waals surface area contributed by atoms with Crippen molar-refractivity contribution in [2.45, 2.75) is 192 Å². The lowest BCUT2D eigenvalue weighted by Crippen LogP contribution is -2.61. The number of carbonyl (C=O) groups is 16. The Morgan fingerprint density at radius 3 is 1.44 bits per heavy atom. The molecule has 2 aliphatic rings. The summed E-state index contributed by atoms with van der Waals surface area (Å²) >= 11 is 0. The molecule has 4 rings (SSSR count). The Balaban J connectivity index is 1.45. The maximum atomic E-state index is 14.4. The molecule has 0 unspecified atom stereocenters. The second-order valence-corrected chi connectivity index (χ2v) is 25.4. The van der Waals surface area contributed by atoms with Crippen molar-refractivity contribution in [3.05, 3.63) is 36.4 Å². The van der Waals surface area contributed by atoms with E-state index in [1.807, 2.05) is 6.92 Å². The number of nitrogens with zero attached hydrogens (tertiary/aromatic N) is 4. The van der Waals surface area contributed by atoms with Gasteiger partial charge < -0.3 is 110 Å². The molecule has 13 atom stereocenters. The van der Waals surface area contributed by atoms with Crippen LogP contribution in [-0.2, 0) is 89.6 Å². The molecule has 100 heavy (non-hydrogen) atoms. The van der Waals surface area contributed by atoms with Crippen molar-refractivity contribution in [1.82, 2.24) is 88.2 Å². The Labute approximate surface area is 574 Å². The average molecular weight is 1410 g/mol. The van der Waals surface area contributed by atoms with Gasteiger partial charge in [-0.25, -0.2) is 9.97 Å². The number of imidazole rings is 2. The maximum Gasteiger partial charge on any atom is 0.322 e. The molecule has 2 aliphatic heterocycles. The SMILES string of the molecule is CC[C@H](C)[C@H](N)C(=O)NCC(=O)N[C@@H](CC(C)C)C(=O)N[C@@H](Cc1cnc[nH]1)C(=O)N[C@@H](CC(=O)O)C(=O)N1CCC[C@H]1C(=O)N[C@@H](CO)C(=O)N[C@@H](Cc1cnc[nH]1)C(=O)NCC(=O)N[C@H](C(=O)N[C@@H](CC(C)C)C(=O)N1CCC[C@H]1C(=O)N[C@@H](CC(N)=O)C(=O)NCC(=O)O)[C@@H](C)O. The molecule has 0 spiro atoms. The number of aliphatic hydroxyl groups is 2. The van der Waals surface area contributed by atoms with Crippen LogP contribution in [0.15, 0.2) is 25.0 Å². The number of aliphatic hydroxyl groups excluding tert-OH is 2. The van der Waals surface area contributed by atoms with Crippen LogP contribution in [0.5, 0.6) is 0 Å². The molecule has 554 valence electrons. The number of likely N-dealkylation sites (tertiary alicyclic amines) is 2. The van der Waals surface area contributed by atoms with E-state index in [2.05, 4.69) is 78.4 Å². The number of aromatic amines is 2. The highest BCUT2D eigenvalue weighted by Gasteiger charge is 2.43. The largest absolute Gasteiger partial charge is 0.481 e. The van der Waals surface area contributed by atoms with Gasteiger partial charge >= 0.3 is 11.9 Å². The summed E-state index contributed by atoms with van der Waals surface area (Å²) in [6, 6.07) is -16.4. The van der Waals surface area contributed by atoms with E-state index in [0.29, 0.717) is 12.1 Å². The number of H-pyrrole nitrogens is 2. The topological polar surface area (TPSA) is 602 Å². The summed E-state index contributed by atoms with van der Waals surface area (Å²) in [4.78, 5) is 229. The van der Waals surface area contributed by atoms with Gasteiger partial charge in [-0.05, 0) is 63.2 Å². The lowest BCUT2D eigenvalue weighted by Gasteiger charge is -2.31. The molecule has 0 saturated carbocycles. The van der Waals surface area contributed by atoms with Crippen molar-refractivity contribution in [3.63, 3.8) is 0 Å². The lowest BCUT2D eigenvalue weighted by atomic mass is 9.99. The molecule has 0 aliphatic carbocycles. The van der Waals surface area contributed by atoms with Crippen molar-refractivity contribution < 1.29 is 97.1 Å². The van der Waals surface area contributed by atoms with E-state index in [4.69, 9.17) is 16.6 Å². The van der Waals surface area contributed by atoms with Crippen molar-refractivity contribution in [2.24, 2.45) is 29.2 Å². The van der Waals surface area contributed by atoms with E-state index in [-0.39, 0.29) is 87.9 Å². The summed E-state index contributed by atoms with van der Waals surface area (Å²) in [5.74, 6) is -17.0. The monoisotopic (exact) mass is 1410 g/mol. The van der Waals surface area contributed by atoms with Crippen LogP contribution in [0.1, 0.15) is 118 Å². The van der Waals surface area contributed by atoms with E-state index >= 15 is 0 Å². The van der Waals surface area contributed by atoms with Gasteiger partial charge in [0.05, 0.1) is 57.3 Å². The molecule has 39 nitrogen and oxygen atoms in total. The summed E-state index contributed by atoms with van der Waals surface area (Å²) in [6.07, 6.45) is 2.24. The molecule has 14 amide bonds. The van der Waals surface area contributed by atoms with Crippen molar-refractivity contribution >= 4 is 94.6 Å². The van der Waals surface area contributed by atoms with Gasteiger partial charge in [-0.1, -0.05) is 48.0 Å². The van der Waals surface area contributed by atoms with Crippen molar-refractivity contribution in [2.75, 3.05) is 39.3 Å². The predicted molar refractivity (Wildman–Crippen MR) is 347 cm³/mol. The second-order valence-electron chi connectivity index (χ2n) is 25.4. The number of nitrogens with two attached hydrogens (primary N) is 2. The first-order valence-electron chi connectivity index (χ1n) is 32.7. The molecular formula is C61H95N19O20. The van der Waals surface area contributed by atoms with E-state index in [0.717, 1.165) is 16.7 Å². The number of rotatable bonds is 41. The quantitative estimate of drug-likeness (QED) is 0.0294. The van der Waals surface area contributed by atoms with E-state index in [9.17, 15) is 92.0 Å². The Bertz CT molecular complexity index is 3200. The highest BCUT2D eigenvalue weighted by Crippen LogP contribution is 2.23. The van der Waals surface area contributed by atoms with Crippen molar-refractivity contribution in [1.29, 1.82) is 0 Å². The summed E-state index contributed by atoms with van der Waals surface area (Å²) in [7, 11) is 0. The van der Waals surface area contributed by atoms with Gasteiger partial charge in [-0.3, -0.25) is 76.7 Å². The van der Waals surface area contributed by atoms with E-state index in [1.165, 1.54) is 25.0 Å². The number of nitrogens with one attached hydrogen (secondary N) is 13. The van der Waals surface area contributed by atoms with Crippen LogP contribution < -0.4 is 70.0 Å². The van der Waals surface area contributed by atoms with Gasteiger partial charge in [0.15, 0.2) is 0 Å². The number of aromatic nitrogens is 4. The number of carboxylic acid groups (broad SMARTS) is 2. The van der Waals surface area contributed by atoms with Crippen LogP contribution in [-0.4, -0.2) is 257 Å². The maximum absolute atomic E-state index is 14.4. The first-order chi connectivity index (χ1) is 47.1. The number of amides is 14. The normalized spacial score (nSPS) is 17.6. The Kier molecular flexibility index (Phi) is 32.9. The molecular weight excluding hydrogens is 1320 g/mol. The Morgan fingerprint density at radius 1 is 0.530 bits per heavy atom. The summed E-state index contributed by atoms with van der Waals surface area (Å²) < 4.78 is 0. The smallest absolute Gasteiger partial charge is 0.322 e. The summed E-state index contributed by atoms with van der Waals surface area (Å²) in [5, 5.41) is 66.5. The predicted octanol–water partition coefficient (Wildman–Crippen LogP) is -7.60. The Morgan fingerprint density at radius 2 is 0.970 bits per heavy atom. The molecule has 4 heterocycles. The molecule has 2 aromatic heterocycles. The van der Waals surface area contributed by atoms with Crippen LogP contribution in [0.3, 0.4) is 0 Å². The van der Waals surface area contributed by atoms with Crippen LogP contribution >= 0.6 is 0 Å². The molecule has 0 bridgehead atoms. The second kappa shape index (κ2) is 40.0. The number of hydrogen-bond acceptors (Lipinski definition) is 21. The number of primary amides is 1. The first-order valence-corrected chi connectivity index (χ1v) is 32.7. The third-order valence-electron chi connectivity index (χ3n) is 16.3. The van der Waals surface area contributed by atoms with Crippen molar-refractivity contribution in [3.8, 4) is 0 Å². The zero-order valence-corrected chi connectivity index (χ0v) is 56.8. The number of hydrogen-bond donors (Lipinski definition) is 19. The number of aliphatic carboxylic acids is 2. The number of carboxylic acids is 2. The van der Waals surface area contributed by atoms with Gasteiger partial charge in [0.25, 0.3) is 0 Å². The summed E-state index contributed by atoms with van der Waals surface area (Å²) in [6.45, 7) is 8.19. The third kappa shape index (κ3) is 26.2. The Hall–Kier alpha value is -10.2. The fourth-order valence-electron chi connectivity index (χ4n) is 10.9. The minimum absolute atomic E-state index is 0.00133. The van der Waals surface area contributed by atoms with Gasteiger partial charge in [0.1, 0.15) is 67.0 Å². The molecule has 2 aromatic rings. The van der Waals surface area contributed by atoms with E-state index < -0.39 is 206 Å². The highest BCUT2D eigenvalue weighted by atomic mass is 16.4. The fraction of sp³-hybridized carbons (Fsp3) is 0.639. The molecule has 0 radical (unpaired) electrons. The molecule has 39 heteroatoms. The van der Waals surface area contributed by atoms with Crippen LogP contribution in [0.2, 0.25) is 0 Å². The zero-order valence-electron chi connectivity index (χ0n) is 56.8. The summed E-state index contributed by atoms with van der Waals surface area (Å²) in [5.41, 5.74) is 11.8. The average Bonchev–Trinajstić information content (AvgIpc) is 1.62. The molecule has 0 aromatic carbocycles. The van der Waals surface area contributed by atoms with Gasteiger partial charge in [0.2, 0.25) is 82.7 Å². The third-order valence-corrected chi connectivity index (χ3v) is 16.3. The van der Waals surface area contributed by atoms with Crippen LogP contribution in [0.4, 0.5) is 0 Å². The zero-order chi connectivity index (χ0) is 74.7. The number of carbonyl (C=O) groups excluding carboxylic acids is 14. The lowest BCUT2D eigenvalue weighted by molar-refractivity contribution is -0.146. The minimum atomic E-state index is -1.87. The van der Waals surface area contributed by atoms with E-state index in [1.54, 1.807) is 34.6 Å². The standard InChI is InChI=1S/C61H95N19O20/c1-8-31(6)49(63)58(97)67-23-45(84)71-35(15-29(2)3)53(92)73-37(18-34-22-65-28-70-34)54(93)75-40(20-47(86)87)61(100)80-14-10-12-43(80)57(96)77-41(26-81)55(94)72-36(17-33-21-64-27-69-33)51(90)66-24-46(85)78-50(32(7)82)59(98)76-39(16-30(4)5)60(99)79-13-9-11-42(79)56(95)74-38(19-44(62)83)52(91)68-25-48(88)89/h21-22,27-32,35-43,49-50,81-82H,8-20,23-26,63H2,1-7H3,(H2,62,83)(H,64,69)(H,65,70)(H,66,90)(H,67,97)(H,68,91)(H,71,84)(H,72,94)(H,73,92)(H,74,95)(H,75,93)(H,76,98)(H,77,96)(H,78,85)(H,86,87)(H,88,89)/t31-,32+,35-,36-,37-,38-,39-,40-,41-,42-,43-,49-,50-/m0/s1.